The third kappa shape index (κ3) is 1.26. The summed E-state index contributed by atoms with van der Waals surface area (Å²) in [7, 11) is 0. The van der Waals surface area contributed by atoms with Crippen LogP contribution in [0, 0.1) is 16.7 Å². The van der Waals surface area contributed by atoms with Crippen molar-refractivity contribution in [1.82, 2.24) is 0 Å². The maximum absolute atomic E-state index is 2.46. The Hall–Kier alpha value is -0.520. The largest absolute Gasteiger partial charge is 0.0839 e. The normalized spacial score (nSPS) is 38.3. The van der Waals surface area contributed by atoms with E-state index in [9.17, 15) is 0 Å². The van der Waals surface area contributed by atoms with Crippen LogP contribution in [-0.4, -0.2) is 0 Å². The molecular formula is C15H24. The average molecular weight is 204 g/mol. The molecule has 0 aliphatic heterocycles. The summed E-state index contributed by atoms with van der Waals surface area (Å²) < 4.78 is 0. The zero-order chi connectivity index (χ0) is 11.3. The second-order valence-electron chi connectivity index (χ2n) is 6.05. The first-order valence-electron chi connectivity index (χ1n) is 6.35. The van der Waals surface area contributed by atoms with Gasteiger partial charge in [-0.3, -0.25) is 0 Å². The fourth-order valence-corrected chi connectivity index (χ4v) is 3.66. The molecule has 15 heavy (non-hydrogen) atoms. The highest BCUT2D eigenvalue weighted by Gasteiger charge is 2.50. The predicted molar refractivity (Wildman–Crippen MR) is 66.7 cm³/mol. The Morgan fingerprint density at radius 2 is 2.00 bits per heavy atom. The van der Waals surface area contributed by atoms with Gasteiger partial charge in [0.2, 0.25) is 0 Å². The highest BCUT2D eigenvalue weighted by Crippen LogP contribution is 2.60. The lowest BCUT2D eigenvalue weighted by molar-refractivity contribution is 0.167. The topological polar surface area (TPSA) is 0 Å². The van der Waals surface area contributed by atoms with Gasteiger partial charge in [-0.15, -0.1) is 0 Å². The third-order valence-electron chi connectivity index (χ3n) is 5.34. The van der Waals surface area contributed by atoms with Crippen molar-refractivity contribution in [3.8, 4) is 0 Å². The number of rotatable bonds is 1. The van der Waals surface area contributed by atoms with Crippen molar-refractivity contribution in [1.29, 1.82) is 0 Å². The van der Waals surface area contributed by atoms with Crippen LogP contribution in [0.2, 0.25) is 0 Å². The Balaban J connectivity index is 2.55. The van der Waals surface area contributed by atoms with Crippen LogP contribution in [0.15, 0.2) is 23.3 Å². The molecule has 0 aromatic heterocycles. The Labute approximate surface area is 94.5 Å². The van der Waals surface area contributed by atoms with Crippen molar-refractivity contribution in [2.24, 2.45) is 16.7 Å². The van der Waals surface area contributed by atoms with E-state index in [2.05, 4.69) is 46.8 Å². The molecule has 2 rings (SSSR count). The van der Waals surface area contributed by atoms with Crippen LogP contribution in [0.1, 0.15) is 53.9 Å². The second kappa shape index (κ2) is 3.23. The van der Waals surface area contributed by atoms with E-state index >= 15 is 0 Å². The molecule has 0 aromatic rings. The highest BCUT2D eigenvalue weighted by atomic mass is 14.5. The van der Waals surface area contributed by atoms with Crippen molar-refractivity contribution < 1.29 is 0 Å². The Bertz CT molecular complexity index is 330. The Morgan fingerprint density at radius 3 is 2.60 bits per heavy atom. The molecule has 0 nitrogen and oxygen atoms in total. The van der Waals surface area contributed by atoms with Crippen LogP contribution in [0.4, 0.5) is 0 Å². The Morgan fingerprint density at radius 1 is 1.33 bits per heavy atom. The Kier molecular flexibility index (Phi) is 2.37. The van der Waals surface area contributed by atoms with Gasteiger partial charge in [0, 0.05) is 0 Å². The standard InChI is InChI=1S/C15H24/c1-6-15(5)11(2)14(3,4)12-9-7-8-10-13(12)15/h8,10-11H,6-7,9H2,1-5H3. The summed E-state index contributed by atoms with van der Waals surface area (Å²) in [5, 5.41) is 0. The molecule has 0 aromatic carbocycles. The van der Waals surface area contributed by atoms with Crippen molar-refractivity contribution in [2.45, 2.75) is 53.9 Å². The van der Waals surface area contributed by atoms with Crippen LogP contribution < -0.4 is 0 Å². The smallest absolute Gasteiger partial charge is 0.00445 e. The molecule has 0 bridgehead atoms. The van der Waals surface area contributed by atoms with Crippen molar-refractivity contribution >= 4 is 0 Å². The van der Waals surface area contributed by atoms with Crippen LogP contribution in [-0.2, 0) is 0 Å². The minimum absolute atomic E-state index is 0.408. The molecule has 2 aliphatic rings. The van der Waals surface area contributed by atoms with Gasteiger partial charge in [-0.1, -0.05) is 52.3 Å². The molecular weight excluding hydrogens is 180 g/mol. The van der Waals surface area contributed by atoms with Crippen LogP contribution >= 0.6 is 0 Å². The van der Waals surface area contributed by atoms with Gasteiger partial charge in [0.1, 0.15) is 0 Å². The molecule has 0 saturated carbocycles. The van der Waals surface area contributed by atoms with Gasteiger partial charge < -0.3 is 0 Å². The molecule has 0 N–H and O–H groups in total. The summed E-state index contributed by atoms with van der Waals surface area (Å²) in [5.41, 5.74) is 4.22. The molecule has 2 atom stereocenters. The van der Waals surface area contributed by atoms with Gasteiger partial charge in [-0.2, -0.15) is 0 Å². The molecule has 0 amide bonds. The zero-order valence-corrected chi connectivity index (χ0v) is 10.9. The van der Waals surface area contributed by atoms with E-state index in [1.54, 1.807) is 11.1 Å². The predicted octanol–water partition coefficient (Wildman–Crippen LogP) is 4.73. The SMILES string of the molecule is CCC1(C)C2=C(CCC=C2)C(C)(C)C1C. The molecule has 2 aliphatic carbocycles. The molecule has 84 valence electrons. The molecule has 2 unspecified atom stereocenters. The zero-order valence-electron chi connectivity index (χ0n) is 10.9. The number of allylic oxidation sites excluding steroid dienone is 4. The van der Waals surface area contributed by atoms with E-state index in [4.69, 9.17) is 0 Å². The number of hydrogen-bond acceptors (Lipinski definition) is 0. The van der Waals surface area contributed by atoms with E-state index in [0.717, 1.165) is 5.92 Å². The lowest BCUT2D eigenvalue weighted by Gasteiger charge is -2.36. The van der Waals surface area contributed by atoms with Crippen LogP contribution in [0.3, 0.4) is 0 Å². The molecule has 0 fully saturated rings. The quantitative estimate of drug-likeness (QED) is 0.579. The first-order valence-corrected chi connectivity index (χ1v) is 6.35. The summed E-state index contributed by atoms with van der Waals surface area (Å²) in [6.07, 6.45) is 8.57. The average Bonchev–Trinajstić information content (AvgIpc) is 2.40. The van der Waals surface area contributed by atoms with E-state index in [-0.39, 0.29) is 0 Å². The van der Waals surface area contributed by atoms with E-state index in [1.807, 2.05) is 0 Å². The lowest BCUT2D eigenvalue weighted by atomic mass is 9.67. The molecule has 0 heterocycles. The van der Waals surface area contributed by atoms with Gasteiger partial charge in [0.25, 0.3) is 0 Å². The summed E-state index contributed by atoms with van der Waals surface area (Å²) in [5.74, 6) is 0.766. The van der Waals surface area contributed by atoms with Crippen molar-refractivity contribution in [3.63, 3.8) is 0 Å². The fourth-order valence-electron chi connectivity index (χ4n) is 3.66. The van der Waals surface area contributed by atoms with E-state index < -0.39 is 0 Å². The molecule has 0 spiro atoms. The summed E-state index contributed by atoms with van der Waals surface area (Å²) in [4.78, 5) is 0. The minimum atomic E-state index is 0.408. The van der Waals surface area contributed by atoms with E-state index in [0.29, 0.717) is 10.8 Å². The maximum atomic E-state index is 2.46. The molecule has 0 heteroatoms. The van der Waals surface area contributed by atoms with Crippen molar-refractivity contribution in [2.75, 3.05) is 0 Å². The van der Waals surface area contributed by atoms with E-state index in [1.165, 1.54) is 19.3 Å². The first kappa shape index (κ1) is 11.0. The second-order valence-corrected chi connectivity index (χ2v) is 6.05. The van der Waals surface area contributed by atoms with Crippen LogP contribution in [0.25, 0.3) is 0 Å². The minimum Gasteiger partial charge on any atom is -0.0839 e. The van der Waals surface area contributed by atoms with Gasteiger partial charge >= 0.3 is 0 Å². The van der Waals surface area contributed by atoms with Crippen LogP contribution in [0.5, 0.6) is 0 Å². The first-order chi connectivity index (χ1) is 6.94. The van der Waals surface area contributed by atoms with Gasteiger partial charge in [0.05, 0.1) is 0 Å². The maximum Gasteiger partial charge on any atom is -0.00445 e. The van der Waals surface area contributed by atoms with Gasteiger partial charge in [-0.05, 0) is 41.6 Å². The summed E-state index contributed by atoms with van der Waals surface area (Å²) in [6, 6.07) is 0. The molecule has 0 radical (unpaired) electrons. The van der Waals surface area contributed by atoms with Crippen molar-refractivity contribution in [3.05, 3.63) is 23.3 Å². The summed E-state index contributed by atoms with van der Waals surface area (Å²) >= 11 is 0. The number of hydrogen-bond donors (Lipinski definition) is 0. The third-order valence-corrected chi connectivity index (χ3v) is 5.34. The highest BCUT2D eigenvalue weighted by molar-refractivity contribution is 5.44. The lowest BCUT2D eigenvalue weighted by Crippen LogP contribution is -2.29. The summed E-state index contributed by atoms with van der Waals surface area (Å²) in [6.45, 7) is 12.1. The monoisotopic (exact) mass is 204 g/mol. The molecule has 0 saturated heterocycles. The van der Waals surface area contributed by atoms with Gasteiger partial charge in [0.15, 0.2) is 0 Å². The fraction of sp³-hybridized carbons (Fsp3) is 0.733. The van der Waals surface area contributed by atoms with Gasteiger partial charge in [-0.25, -0.2) is 0 Å².